The molecule has 0 radical (unpaired) electrons. The Morgan fingerprint density at radius 1 is 1.36 bits per heavy atom. The summed E-state index contributed by atoms with van der Waals surface area (Å²) in [5, 5.41) is 0. The van der Waals surface area contributed by atoms with E-state index in [4.69, 9.17) is 5.73 Å². The molecule has 1 aliphatic heterocycles. The van der Waals surface area contributed by atoms with Crippen molar-refractivity contribution in [2.45, 2.75) is 19.5 Å². The Hall–Kier alpha value is -0.860. The molecule has 0 aromatic heterocycles. The minimum Gasteiger partial charge on any atom is -0.328 e. The summed E-state index contributed by atoms with van der Waals surface area (Å²) in [6, 6.07) is 11.0. The number of nitrogens with two attached hydrogens (primary N) is 1. The Morgan fingerprint density at radius 2 is 2.00 bits per heavy atom. The van der Waals surface area contributed by atoms with Crippen molar-refractivity contribution in [3.05, 3.63) is 35.9 Å². The number of nitrogens with zero attached hydrogens (tertiary/aromatic N) is 1. The van der Waals surface area contributed by atoms with Gasteiger partial charge in [0.15, 0.2) is 0 Å². The summed E-state index contributed by atoms with van der Waals surface area (Å²) in [5.41, 5.74) is 7.23. The molecule has 1 unspecified atom stereocenters. The van der Waals surface area contributed by atoms with Crippen molar-refractivity contribution in [3.8, 4) is 0 Å². The van der Waals surface area contributed by atoms with Gasteiger partial charge in [-0.25, -0.2) is 0 Å². The average Bonchev–Trinajstić information content (AvgIpc) is 2.12. The normalized spacial score (nSPS) is 20.4. The lowest BCUT2D eigenvalue weighted by molar-refractivity contribution is 0.0783. The zero-order chi connectivity index (χ0) is 9.97. The van der Waals surface area contributed by atoms with Gasteiger partial charge in [-0.3, -0.25) is 4.90 Å². The average molecular weight is 190 g/mol. The fraction of sp³-hybridized carbons (Fsp3) is 0.500. The molecule has 1 aromatic carbocycles. The van der Waals surface area contributed by atoms with E-state index in [9.17, 15) is 0 Å². The molecule has 14 heavy (non-hydrogen) atoms. The highest BCUT2D eigenvalue weighted by Gasteiger charge is 2.28. The predicted octanol–water partition coefficient (Wildman–Crippen LogP) is 1.47. The van der Waals surface area contributed by atoms with E-state index >= 15 is 0 Å². The van der Waals surface area contributed by atoms with E-state index in [0.717, 1.165) is 19.6 Å². The van der Waals surface area contributed by atoms with Gasteiger partial charge in [-0.15, -0.1) is 0 Å². The molecule has 0 amide bonds. The Kier molecular flexibility index (Phi) is 2.85. The third kappa shape index (κ3) is 2.14. The van der Waals surface area contributed by atoms with Gasteiger partial charge in [-0.05, 0) is 18.4 Å². The van der Waals surface area contributed by atoms with Gasteiger partial charge >= 0.3 is 0 Å². The fourth-order valence-electron chi connectivity index (χ4n) is 1.91. The summed E-state index contributed by atoms with van der Waals surface area (Å²) < 4.78 is 0. The molecule has 0 bridgehead atoms. The summed E-state index contributed by atoms with van der Waals surface area (Å²) in [6.45, 7) is 5.49. The van der Waals surface area contributed by atoms with Gasteiger partial charge in [0.2, 0.25) is 0 Å². The highest BCUT2D eigenvalue weighted by molar-refractivity contribution is 5.14. The zero-order valence-electron chi connectivity index (χ0n) is 8.69. The molecule has 0 aliphatic carbocycles. The molecular formula is C12H18N2. The molecule has 1 fully saturated rings. The van der Waals surface area contributed by atoms with Crippen LogP contribution in [0, 0.1) is 5.92 Å². The van der Waals surface area contributed by atoms with Crippen molar-refractivity contribution in [2.24, 2.45) is 11.7 Å². The van der Waals surface area contributed by atoms with Crippen LogP contribution in [0.3, 0.4) is 0 Å². The van der Waals surface area contributed by atoms with Crippen LogP contribution in [-0.4, -0.2) is 24.0 Å². The zero-order valence-corrected chi connectivity index (χ0v) is 8.69. The summed E-state index contributed by atoms with van der Waals surface area (Å²) >= 11 is 0. The summed E-state index contributed by atoms with van der Waals surface area (Å²) in [6.07, 6.45) is 0. The minimum absolute atomic E-state index is 0.349. The Balaban J connectivity index is 1.80. The van der Waals surface area contributed by atoms with E-state index in [2.05, 4.69) is 42.2 Å². The summed E-state index contributed by atoms with van der Waals surface area (Å²) in [4.78, 5) is 2.45. The molecule has 2 nitrogen and oxygen atoms in total. The largest absolute Gasteiger partial charge is 0.328 e. The van der Waals surface area contributed by atoms with Gasteiger partial charge in [0.25, 0.3) is 0 Å². The lowest BCUT2D eigenvalue weighted by Crippen LogP contribution is -2.52. The van der Waals surface area contributed by atoms with Crippen LogP contribution in [0.5, 0.6) is 0 Å². The van der Waals surface area contributed by atoms with Gasteiger partial charge in [0, 0.05) is 25.7 Å². The number of hydrogen-bond acceptors (Lipinski definition) is 2. The number of hydrogen-bond donors (Lipinski definition) is 1. The fourth-order valence-corrected chi connectivity index (χ4v) is 1.91. The number of rotatable bonds is 3. The summed E-state index contributed by atoms with van der Waals surface area (Å²) in [5.74, 6) is 0.707. The first-order chi connectivity index (χ1) is 6.75. The lowest BCUT2D eigenvalue weighted by atomic mass is 9.93. The second kappa shape index (κ2) is 4.11. The Bertz CT molecular complexity index is 276. The first-order valence-corrected chi connectivity index (χ1v) is 5.27. The van der Waals surface area contributed by atoms with Gasteiger partial charge in [0.05, 0.1) is 0 Å². The molecule has 1 aromatic rings. The maximum absolute atomic E-state index is 5.83. The van der Waals surface area contributed by atoms with Crippen LogP contribution in [0.1, 0.15) is 12.5 Å². The quantitative estimate of drug-likeness (QED) is 0.782. The highest BCUT2D eigenvalue weighted by Crippen LogP contribution is 2.20. The molecule has 1 heterocycles. The van der Waals surface area contributed by atoms with Crippen LogP contribution in [0.4, 0.5) is 0 Å². The monoisotopic (exact) mass is 190 g/mol. The minimum atomic E-state index is 0.349. The van der Waals surface area contributed by atoms with Crippen LogP contribution >= 0.6 is 0 Å². The van der Waals surface area contributed by atoms with Gasteiger partial charge in [0.1, 0.15) is 0 Å². The maximum Gasteiger partial charge on any atom is 0.0234 e. The van der Waals surface area contributed by atoms with Crippen LogP contribution in [0.15, 0.2) is 30.3 Å². The van der Waals surface area contributed by atoms with Gasteiger partial charge in [-0.1, -0.05) is 30.3 Å². The van der Waals surface area contributed by atoms with E-state index in [0.29, 0.717) is 12.0 Å². The molecule has 0 saturated carbocycles. The van der Waals surface area contributed by atoms with E-state index in [-0.39, 0.29) is 0 Å². The molecule has 0 spiro atoms. The summed E-state index contributed by atoms with van der Waals surface area (Å²) in [7, 11) is 0. The molecule has 1 aliphatic rings. The third-order valence-corrected chi connectivity index (χ3v) is 2.98. The van der Waals surface area contributed by atoms with Crippen molar-refractivity contribution in [1.29, 1.82) is 0 Å². The van der Waals surface area contributed by atoms with Crippen molar-refractivity contribution in [3.63, 3.8) is 0 Å². The molecule has 2 heteroatoms. The highest BCUT2D eigenvalue weighted by atomic mass is 15.2. The van der Waals surface area contributed by atoms with Crippen molar-refractivity contribution in [2.75, 3.05) is 13.1 Å². The van der Waals surface area contributed by atoms with Crippen molar-refractivity contribution >= 4 is 0 Å². The SMILES string of the molecule is CC(N)C1CN(Cc2ccccc2)C1. The smallest absolute Gasteiger partial charge is 0.0234 e. The molecule has 2 N–H and O–H groups in total. The van der Waals surface area contributed by atoms with Crippen LogP contribution in [0.2, 0.25) is 0 Å². The number of likely N-dealkylation sites (tertiary alicyclic amines) is 1. The van der Waals surface area contributed by atoms with Crippen LogP contribution in [-0.2, 0) is 6.54 Å². The molecule has 1 atom stereocenters. The van der Waals surface area contributed by atoms with E-state index in [1.165, 1.54) is 5.56 Å². The second-order valence-electron chi connectivity index (χ2n) is 4.30. The first kappa shape index (κ1) is 9.69. The van der Waals surface area contributed by atoms with Crippen LogP contribution < -0.4 is 5.73 Å². The third-order valence-electron chi connectivity index (χ3n) is 2.98. The maximum atomic E-state index is 5.83. The topological polar surface area (TPSA) is 29.3 Å². The van der Waals surface area contributed by atoms with E-state index < -0.39 is 0 Å². The van der Waals surface area contributed by atoms with Crippen LogP contribution in [0.25, 0.3) is 0 Å². The predicted molar refractivity (Wildman–Crippen MR) is 58.9 cm³/mol. The molecule has 76 valence electrons. The van der Waals surface area contributed by atoms with Crippen molar-refractivity contribution in [1.82, 2.24) is 4.90 Å². The van der Waals surface area contributed by atoms with E-state index in [1.807, 2.05) is 0 Å². The molecule has 2 rings (SSSR count). The van der Waals surface area contributed by atoms with Crippen molar-refractivity contribution < 1.29 is 0 Å². The van der Waals surface area contributed by atoms with Gasteiger partial charge in [-0.2, -0.15) is 0 Å². The number of benzene rings is 1. The van der Waals surface area contributed by atoms with E-state index in [1.54, 1.807) is 0 Å². The second-order valence-corrected chi connectivity index (χ2v) is 4.30. The first-order valence-electron chi connectivity index (χ1n) is 5.27. The Morgan fingerprint density at radius 3 is 2.57 bits per heavy atom. The van der Waals surface area contributed by atoms with Gasteiger partial charge < -0.3 is 5.73 Å². The lowest BCUT2D eigenvalue weighted by Gasteiger charge is -2.41. The molecular weight excluding hydrogens is 172 g/mol. The Labute approximate surface area is 85.7 Å². The standard InChI is InChI=1S/C12H18N2/c1-10(13)12-8-14(9-12)7-11-5-3-2-4-6-11/h2-6,10,12H,7-9,13H2,1H3. The molecule has 1 saturated heterocycles.